The molecule has 0 spiro atoms. The van der Waals surface area contributed by atoms with Crippen molar-refractivity contribution >= 4 is 5.91 Å². The first-order valence-electron chi connectivity index (χ1n) is 30.0. The van der Waals surface area contributed by atoms with E-state index in [4.69, 9.17) is 9.47 Å². The topological polar surface area (TPSA) is 149 Å². The van der Waals surface area contributed by atoms with Gasteiger partial charge in [0.1, 0.15) is 24.4 Å². The molecule has 0 aromatic heterocycles. The van der Waals surface area contributed by atoms with Gasteiger partial charge >= 0.3 is 0 Å². The number of hydrogen-bond donors (Lipinski definition) is 6. The van der Waals surface area contributed by atoms with Crippen molar-refractivity contribution in [3.05, 3.63) is 60.8 Å². The van der Waals surface area contributed by atoms with E-state index in [9.17, 15) is 30.3 Å². The average molecular weight is 1000 g/mol. The second-order valence-corrected chi connectivity index (χ2v) is 20.8. The molecule has 1 fully saturated rings. The molecule has 0 aromatic rings. The normalized spacial score (nSPS) is 19.7. The number of carbonyl (C=O) groups is 1. The molecule has 0 bridgehead atoms. The Bertz CT molecular complexity index is 1300. The Morgan fingerprint density at radius 2 is 0.873 bits per heavy atom. The first-order valence-corrected chi connectivity index (χ1v) is 30.0. The lowest BCUT2D eigenvalue weighted by Gasteiger charge is -2.40. The zero-order valence-electron chi connectivity index (χ0n) is 46.0. The second-order valence-electron chi connectivity index (χ2n) is 20.8. The highest BCUT2D eigenvalue weighted by molar-refractivity contribution is 5.76. The lowest BCUT2D eigenvalue weighted by atomic mass is 9.99. The predicted octanol–water partition coefficient (Wildman–Crippen LogP) is 15.1. The number of unbranched alkanes of at least 4 members (excludes halogenated alkanes) is 33. The van der Waals surface area contributed by atoms with E-state index in [1.165, 1.54) is 186 Å². The van der Waals surface area contributed by atoms with Crippen LogP contribution in [0.15, 0.2) is 60.8 Å². The average Bonchev–Trinajstić information content (AvgIpc) is 3.37. The summed E-state index contributed by atoms with van der Waals surface area (Å²) in [5.74, 6) is -0.176. The summed E-state index contributed by atoms with van der Waals surface area (Å²) in [5, 5.41) is 54.2. The van der Waals surface area contributed by atoms with Crippen molar-refractivity contribution in [2.75, 3.05) is 13.2 Å². The Hall–Kier alpha value is -2.11. The molecular weight excluding hydrogens is 887 g/mol. The maximum Gasteiger partial charge on any atom is 0.220 e. The van der Waals surface area contributed by atoms with E-state index >= 15 is 0 Å². The van der Waals surface area contributed by atoms with Crippen LogP contribution in [0.25, 0.3) is 0 Å². The number of amides is 1. The fourth-order valence-corrected chi connectivity index (χ4v) is 9.39. The van der Waals surface area contributed by atoms with Gasteiger partial charge in [-0.05, 0) is 57.8 Å². The largest absolute Gasteiger partial charge is 0.394 e. The highest BCUT2D eigenvalue weighted by Crippen LogP contribution is 2.23. The molecule has 71 heavy (non-hydrogen) atoms. The van der Waals surface area contributed by atoms with Crippen LogP contribution in [-0.4, -0.2) is 87.5 Å². The highest BCUT2D eigenvalue weighted by atomic mass is 16.7. The molecule has 1 amide bonds. The Labute approximate surface area is 436 Å². The third-order valence-corrected chi connectivity index (χ3v) is 14.1. The third kappa shape index (κ3) is 40.9. The zero-order chi connectivity index (χ0) is 51.5. The van der Waals surface area contributed by atoms with Gasteiger partial charge in [0.15, 0.2) is 6.29 Å². The molecule has 1 aliphatic rings. The van der Waals surface area contributed by atoms with E-state index in [-0.39, 0.29) is 12.5 Å². The number of nitrogens with one attached hydrogen (secondary N) is 1. The van der Waals surface area contributed by atoms with Crippen LogP contribution in [0.2, 0.25) is 0 Å². The van der Waals surface area contributed by atoms with E-state index in [2.05, 4.69) is 67.8 Å². The van der Waals surface area contributed by atoms with Gasteiger partial charge in [-0.3, -0.25) is 4.79 Å². The van der Waals surface area contributed by atoms with Crippen molar-refractivity contribution < 1.29 is 39.8 Å². The lowest BCUT2D eigenvalue weighted by Crippen LogP contribution is -2.60. The molecule has 9 heteroatoms. The van der Waals surface area contributed by atoms with Crippen LogP contribution < -0.4 is 5.32 Å². The van der Waals surface area contributed by atoms with Gasteiger partial charge in [-0.25, -0.2) is 0 Å². The van der Waals surface area contributed by atoms with Gasteiger partial charge in [0.05, 0.1) is 25.4 Å². The molecule has 1 heterocycles. The first kappa shape index (κ1) is 66.9. The summed E-state index contributed by atoms with van der Waals surface area (Å²) in [7, 11) is 0. The highest BCUT2D eigenvalue weighted by Gasteiger charge is 2.44. The van der Waals surface area contributed by atoms with Gasteiger partial charge in [-0.15, -0.1) is 0 Å². The molecule has 6 N–H and O–H groups in total. The van der Waals surface area contributed by atoms with Gasteiger partial charge < -0.3 is 40.3 Å². The van der Waals surface area contributed by atoms with Crippen LogP contribution in [-0.2, 0) is 14.3 Å². The van der Waals surface area contributed by atoms with Gasteiger partial charge in [0.2, 0.25) is 5.91 Å². The zero-order valence-corrected chi connectivity index (χ0v) is 46.0. The molecule has 1 rings (SSSR count). The summed E-state index contributed by atoms with van der Waals surface area (Å²) in [4.78, 5) is 13.0. The van der Waals surface area contributed by atoms with Crippen LogP contribution in [0.1, 0.15) is 271 Å². The van der Waals surface area contributed by atoms with E-state index in [1.54, 1.807) is 6.08 Å². The minimum Gasteiger partial charge on any atom is -0.394 e. The quantitative estimate of drug-likeness (QED) is 0.0261. The van der Waals surface area contributed by atoms with E-state index < -0.39 is 49.5 Å². The lowest BCUT2D eigenvalue weighted by molar-refractivity contribution is -0.302. The van der Waals surface area contributed by atoms with Crippen molar-refractivity contribution in [2.45, 2.75) is 314 Å². The van der Waals surface area contributed by atoms with E-state index in [1.807, 2.05) is 6.08 Å². The summed E-state index contributed by atoms with van der Waals surface area (Å²) in [6.45, 7) is 3.64. The number of aliphatic hydroxyl groups is 5. The van der Waals surface area contributed by atoms with E-state index in [0.29, 0.717) is 6.42 Å². The minimum atomic E-state index is -1.56. The molecule has 0 aliphatic carbocycles. The Kier molecular flexibility index (Phi) is 48.4. The van der Waals surface area contributed by atoms with Crippen LogP contribution in [0.5, 0.6) is 0 Å². The molecular formula is C62H113NO8. The summed E-state index contributed by atoms with van der Waals surface area (Å²) in [6.07, 6.45) is 63.4. The van der Waals surface area contributed by atoms with Crippen LogP contribution >= 0.6 is 0 Å². The predicted molar refractivity (Wildman–Crippen MR) is 299 cm³/mol. The molecule has 0 saturated carbocycles. The van der Waals surface area contributed by atoms with Crippen molar-refractivity contribution in [1.82, 2.24) is 5.32 Å². The number of hydrogen-bond acceptors (Lipinski definition) is 8. The monoisotopic (exact) mass is 1000 g/mol. The number of carbonyl (C=O) groups excluding carboxylic acids is 1. The van der Waals surface area contributed by atoms with Crippen molar-refractivity contribution in [3.63, 3.8) is 0 Å². The van der Waals surface area contributed by atoms with Gasteiger partial charge in [0, 0.05) is 6.42 Å². The summed E-state index contributed by atoms with van der Waals surface area (Å²) in [5.41, 5.74) is 0. The fourth-order valence-electron chi connectivity index (χ4n) is 9.39. The smallest absolute Gasteiger partial charge is 0.220 e. The molecule has 414 valence electrons. The van der Waals surface area contributed by atoms with E-state index in [0.717, 1.165) is 64.2 Å². The maximum atomic E-state index is 13.0. The molecule has 0 aromatic carbocycles. The van der Waals surface area contributed by atoms with Crippen molar-refractivity contribution in [1.29, 1.82) is 0 Å². The minimum absolute atomic E-state index is 0.176. The number of rotatable bonds is 51. The van der Waals surface area contributed by atoms with Crippen LogP contribution in [0, 0.1) is 0 Å². The van der Waals surface area contributed by atoms with Gasteiger partial charge in [-0.2, -0.15) is 0 Å². The Balaban J connectivity index is 1.99. The number of aliphatic hydroxyl groups excluding tert-OH is 5. The molecule has 7 atom stereocenters. The molecule has 1 saturated heterocycles. The molecule has 9 nitrogen and oxygen atoms in total. The number of ether oxygens (including phenoxy) is 2. The van der Waals surface area contributed by atoms with Crippen LogP contribution in [0.4, 0.5) is 0 Å². The molecule has 0 radical (unpaired) electrons. The second kappa shape index (κ2) is 51.4. The molecule has 1 aliphatic heterocycles. The standard InChI is InChI=1S/C62H113NO8/c1-3-5-7-9-11-13-14-15-16-17-18-19-20-21-22-23-24-25-26-27-28-29-30-31-32-33-34-35-36-37-38-39-40-41-42-44-46-48-50-52-58(66)63-55(56(65)51-49-47-45-43-12-10-8-6-4-2)54-70-62-61(69)60(68)59(67)57(53-64)71-62/h5,7,11,13,15-16,18-19,49,51,55-57,59-62,64-65,67-69H,3-4,6,8-10,12,14,17,20-48,50,52-54H2,1-2H3,(H,63,66)/b7-5-,13-11-,16-15-,19-18-,51-49+. The van der Waals surface area contributed by atoms with Crippen molar-refractivity contribution in [2.24, 2.45) is 0 Å². The van der Waals surface area contributed by atoms with Crippen LogP contribution in [0.3, 0.4) is 0 Å². The van der Waals surface area contributed by atoms with Gasteiger partial charge in [-0.1, -0.05) is 267 Å². The van der Waals surface area contributed by atoms with Gasteiger partial charge in [0.25, 0.3) is 0 Å². The first-order chi connectivity index (χ1) is 34.8. The fraction of sp³-hybridized carbons (Fsp3) is 0.823. The van der Waals surface area contributed by atoms with Crippen molar-refractivity contribution in [3.8, 4) is 0 Å². The summed E-state index contributed by atoms with van der Waals surface area (Å²) in [6, 6.07) is -0.801. The SMILES string of the molecule is CC/C=C\C/C=C\C/C=C\C/C=C\CCCCCCCCCCCCCCCCCCCCCCCCCCCCC(=O)NC(COC1OC(CO)C(O)C(O)C1O)C(O)/C=C/CCCCCCCCC. The number of allylic oxidation sites excluding steroid dienone is 9. The molecule has 7 unspecified atom stereocenters. The Morgan fingerprint density at radius 1 is 0.493 bits per heavy atom. The third-order valence-electron chi connectivity index (χ3n) is 14.1. The maximum absolute atomic E-state index is 13.0. The summed E-state index contributed by atoms with van der Waals surface area (Å²) >= 11 is 0. The Morgan fingerprint density at radius 3 is 1.30 bits per heavy atom. The summed E-state index contributed by atoms with van der Waals surface area (Å²) < 4.78 is 11.2.